The molecule has 3 heterocycles. The first kappa shape index (κ1) is 19.7. The van der Waals surface area contributed by atoms with Gasteiger partial charge in [-0.15, -0.1) is 10.2 Å². The van der Waals surface area contributed by atoms with E-state index in [4.69, 9.17) is 10.1 Å². The summed E-state index contributed by atoms with van der Waals surface area (Å²) >= 11 is 0. The maximum Gasteiger partial charge on any atom is 0.206 e. The van der Waals surface area contributed by atoms with E-state index in [-0.39, 0.29) is 0 Å². The number of benzene rings is 2. The number of aromatic nitrogens is 8. The first-order valence-corrected chi connectivity index (χ1v) is 10.6. The highest BCUT2D eigenvalue weighted by molar-refractivity contribution is 5.77. The summed E-state index contributed by atoms with van der Waals surface area (Å²) in [4.78, 5) is 9.38. The topological polar surface area (TPSA) is 98.1 Å². The Balaban J connectivity index is 1.42. The average molecular weight is 422 g/mol. The van der Waals surface area contributed by atoms with Crippen molar-refractivity contribution in [1.29, 1.82) is 0 Å². The largest absolute Gasteiger partial charge is 0.255 e. The third kappa shape index (κ3) is 4.02. The van der Waals surface area contributed by atoms with Crippen molar-refractivity contribution in [2.75, 3.05) is 0 Å². The van der Waals surface area contributed by atoms with Gasteiger partial charge in [0.2, 0.25) is 5.82 Å². The molecule has 0 amide bonds. The number of aromatic amines is 1. The van der Waals surface area contributed by atoms with Gasteiger partial charge in [-0.25, -0.2) is 9.67 Å². The van der Waals surface area contributed by atoms with Crippen molar-refractivity contribution in [1.82, 2.24) is 40.4 Å². The molecule has 5 rings (SSSR count). The van der Waals surface area contributed by atoms with Crippen LogP contribution in [0, 0.1) is 0 Å². The molecule has 0 radical (unpaired) electrons. The van der Waals surface area contributed by atoms with Crippen LogP contribution in [-0.2, 0) is 13.0 Å². The number of nitrogens with zero attached hydrogens (tertiary/aromatic N) is 7. The van der Waals surface area contributed by atoms with E-state index in [1.54, 1.807) is 6.20 Å². The van der Waals surface area contributed by atoms with Gasteiger partial charge < -0.3 is 0 Å². The molecule has 0 spiro atoms. The van der Waals surface area contributed by atoms with E-state index < -0.39 is 0 Å². The summed E-state index contributed by atoms with van der Waals surface area (Å²) < 4.78 is 2.02. The lowest BCUT2D eigenvalue weighted by molar-refractivity contribution is 0.577. The van der Waals surface area contributed by atoms with Crippen molar-refractivity contribution in [3.8, 4) is 34.0 Å². The van der Waals surface area contributed by atoms with Gasteiger partial charge in [-0.05, 0) is 29.3 Å². The highest BCUT2D eigenvalue weighted by Gasteiger charge is 2.14. The van der Waals surface area contributed by atoms with Crippen LogP contribution in [0.1, 0.15) is 24.7 Å². The van der Waals surface area contributed by atoms with Crippen LogP contribution in [0.2, 0.25) is 0 Å². The zero-order chi connectivity index (χ0) is 21.8. The van der Waals surface area contributed by atoms with Crippen molar-refractivity contribution in [2.45, 2.75) is 26.3 Å². The molecule has 2 aromatic carbocycles. The Labute approximate surface area is 185 Å². The van der Waals surface area contributed by atoms with Crippen molar-refractivity contribution >= 4 is 0 Å². The van der Waals surface area contributed by atoms with E-state index in [1.165, 1.54) is 0 Å². The first-order chi connectivity index (χ1) is 15.8. The smallest absolute Gasteiger partial charge is 0.206 e. The minimum atomic E-state index is 0.526. The molecule has 0 aliphatic carbocycles. The Morgan fingerprint density at radius 2 is 1.72 bits per heavy atom. The van der Waals surface area contributed by atoms with E-state index in [2.05, 4.69) is 56.8 Å². The molecule has 8 heteroatoms. The zero-order valence-electron chi connectivity index (χ0n) is 17.7. The van der Waals surface area contributed by atoms with Crippen molar-refractivity contribution in [2.24, 2.45) is 0 Å². The number of hydrogen-bond acceptors (Lipinski definition) is 6. The van der Waals surface area contributed by atoms with Gasteiger partial charge in [0, 0.05) is 35.9 Å². The molecule has 1 N–H and O–H groups in total. The second kappa shape index (κ2) is 8.89. The minimum Gasteiger partial charge on any atom is -0.255 e. The Bertz CT molecular complexity index is 1290. The molecule has 32 heavy (non-hydrogen) atoms. The van der Waals surface area contributed by atoms with Crippen LogP contribution in [-0.4, -0.2) is 40.4 Å². The molecule has 0 aliphatic rings. The number of tetrazole rings is 1. The average Bonchev–Trinajstić information content (AvgIpc) is 3.51. The van der Waals surface area contributed by atoms with Gasteiger partial charge >= 0.3 is 0 Å². The SMILES string of the molecule is CCCn1nc(-c2ccccc2)nc1Cc1ccc(-c2ncccc2-c2nn[nH]n2)cc1. The molecular weight excluding hydrogens is 400 g/mol. The summed E-state index contributed by atoms with van der Waals surface area (Å²) in [5.41, 5.74) is 4.84. The predicted octanol–water partition coefficient (Wildman–Crippen LogP) is 4.19. The van der Waals surface area contributed by atoms with Crippen LogP contribution >= 0.6 is 0 Å². The van der Waals surface area contributed by atoms with Crippen LogP contribution in [0.15, 0.2) is 72.9 Å². The molecule has 0 bridgehead atoms. The fourth-order valence-corrected chi connectivity index (χ4v) is 3.66. The van der Waals surface area contributed by atoms with E-state index >= 15 is 0 Å². The lowest BCUT2D eigenvalue weighted by Gasteiger charge is -2.08. The third-order valence-corrected chi connectivity index (χ3v) is 5.20. The summed E-state index contributed by atoms with van der Waals surface area (Å²) in [5, 5.41) is 19.1. The summed E-state index contributed by atoms with van der Waals surface area (Å²) in [6.07, 6.45) is 3.48. The van der Waals surface area contributed by atoms with Crippen molar-refractivity contribution < 1.29 is 0 Å². The van der Waals surface area contributed by atoms with Gasteiger partial charge in [-0.2, -0.15) is 10.3 Å². The molecule has 0 atom stereocenters. The molecule has 158 valence electrons. The van der Waals surface area contributed by atoms with E-state index in [1.807, 2.05) is 47.1 Å². The quantitative estimate of drug-likeness (QED) is 0.422. The van der Waals surface area contributed by atoms with E-state index in [0.29, 0.717) is 12.2 Å². The lowest BCUT2D eigenvalue weighted by atomic mass is 10.0. The van der Waals surface area contributed by atoms with Crippen LogP contribution < -0.4 is 0 Å². The Morgan fingerprint density at radius 3 is 2.47 bits per heavy atom. The summed E-state index contributed by atoms with van der Waals surface area (Å²) in [6, 6.07) is 22.3. The summed E-state index contributed by atoms with van der Waals surface area (Å²) in [7, 11) is 0. The number of hydrogen-bond donors (Lipinski definition) is 1. The summed E-state index contributed by atoms with van der Waals surface area (Å²) in [5.74, 6) is 2.26. The third-order valence-electron chi connectivity index (χ3n) is 5.20. The van der Waals surface area contributed by atoms with E-state index in [9.17, 15) is 0 Å². The Kier molecular flexibility index (Phi) is 5.48. The fraction of sp³-hybridized carbons (Fsp3) is 0.167. The monoisotopic (exact) mass is 422 g/mol. The highest BCUT2D eigenvalue weighted by atomic mass is 15.5. The number of rotatable bonds is 7. The Hall–Kier alpha value is -4.20. The maximum absolute atomic E-state index is 4.84. The van der Waals surface area contributed by atoms with Crippen LogP contribution in [0.25, 0.3) is 34.0 Å². The second-order valence-corrected chi connectivity index (χ2v) is 7.45. The molecule has 8 nitrogen and oxygen atoms in total. The molecule has 3 aromatic heterocycles. The molecule has 0 fully saturated rings. The van der Waals surface area contributed by atoms with Crippen LogP contribution in [0.3, 0.4) is 0 Å². The van der Waals surface area contributed by atoms with Gasteiger partial charge in [-0.3, -0.25) is 4.98 Å². The lowest BCUT2D eigenvalue weighted by Crippen LogP contribution is -2.06. The first-order valence-electron chi connectivity index (χ1n) is 10.6. The normalized spacial score (nSPS) is 11.0. The van der Waals surface area contributed by atoms with Gasteiger partial charge in [0.15, 0.2) is 5.82 Å². The van der Waals surface area contributed by atoms with Gasteiger partial charge in [-0.1, -0.05) is 61.5 Å². The van der Waals surface area contributed by atoms with Crippen LogP contribution in [0.4, 0.5) is 0 Å². The molecule has 5 aromatic rings. The minimum absolute atomic E-state index is 0.526. The molecule has 0 aliphatic heterocycles. The van der Waals surface area contributed by atoms with Gasteiger partial charge in [0.25, 0.3) is 0 Å². The van der Waals surface area contributed by atoms with Crippen molar-refractivity contribution in [3.05, 3.63) is 84.3 Å². The maximum atomic E-state index is 4.84. The fourth-order valence-electron chi connectivity index (χ4n) is 3.66. The van der Waals surface area contributed by atoms with E-state index in [0.717, 1.165) is 52.6 Å². The number of nitrogens with one attached hydrogen (secondary N) is 1. The predicted molar refractivity (Wildman–Crippen MR) is 121 cm³/mol. The molecular formula is C24H22N8. The number of aryl methyl sites for hydroxylation is 1. The van der Waals surface area contributed by atoms with Gasteiger partial charge in [0.1, 0.15) is 5.82 Å². The molecule has 0 saturated heterocycles. The van der Waals surface area contributed by atoms with Gasteiger partial charge in [0.05, 0.1) is 5.69 Å². The van der Waals surface area contributed by atoms with Crippen molar-refractivity contribution in [3.63, 3.8) is 0 Å². The number of H-pyrrole nitrogens is 1. The van der Waals surface area contributed by atoms with Crippen LogP contribution in [0.5, 0.6) is 0 Å². The standard InChI is InChI=1S/C24H22N8/c1-2-15-32-21(26-23(29-32)19-7-4-3-5-8-19)16-17-10-12-18(13-11-17)22-20(9-6-14-25-22)24-27-30-31-28-24/h3-14H,2,15-16H2,1H3,(H,27,28,30,31). The molecule has 0 saturated carbocycles. The summed E-state index contributed by atoms with van der Waals surface area (Å²) in [6.45, 7) is 2.99. The highest BCUT2D eigenvalue weighted by Crippen LogP contribution is 2.28. The second-order valence-electron chi connectivity index (χ2n) is 7.45. The zero-order valence-corrected chi connectivity index (χ0v) is 17.7. The molecule has 0 unspecified atom stereocenters. The Morgan fingerprint density at radius 1 is 0.875 bits per heavy atom. The number of pyridine rings is 1.